The normalized spacial score (nSPS) is 12.4. The second-order valence-electron chi connectivity index (χ2n) is 4.43. The highest BCUT2D eigenvalue weighted by molar-refractivity contribution is 7.11. The average Bonchev–Trinajstić information content (AvgIpc) is 2.73. The SMILES string of the molecule is CCc1nnc(CN(CC)C(C)(C)CO)s1. The van der Waals surface area contributed by atoms with Gasteiger partial charge in [-0.25, -0.2) is 0 Å². The molecule has 0 atom stereocenters. The Morgan fingerprint density at radius 2 is 1.88 bits per heavy atom. The Morgan fingerprint density at radius 3 is 2.31 bits per heavy atom. The van der Waals surface area contributed by atoms with E-state index in [1.165, 1.54) is 0 Å². The molecule has 16 heavy (non-hydrogen) atoms. The molecule has 92 valence electrons. The highest BCUT2D eigenvalue weighted by Gasteiger charge is 2.25. The van der Waals surface area contributed by atoms with Crippen LogP contribution in [0.4, 0.5) is 0 Å². The molecule has 0 saturated heterocycles. The van der Waals surface area contributed by atoms with Crippen molar-refractivity contribution in [1.82, 2.24) is 15.1 Å². The van der Waals surface area contributed by atoms with Crippen molar-refractivity contribution in [2.24, 2.45) is 0 Å². The number of hydrogen-bond acceptors (Lipinski definition) is 5. The molecule has 0 fully saturated rings. The third-order valence-electron chi connectivity index (χ3n) is 2.76. The van der Waals surface area contributed by atoms with Crippen LogP contribution in [0.3, 0.4) is 0 Å². The van der Waals surface area contributed by atoms with Crippen molar-refractivity contribution in [2.75, 3.05) is 13.2 Å². The third-order valence-corrected chi connectivity index (χ3v) is 3.81. The molecular formula is C11H21N3OS. The zero-order valence-electron chi connectivity index (χ0n) is 10.5. The first-order chi connectivity index (χ1) is 7.53. The van der Waals surface area contributed by atoms with Crippen molar-refractivity contribution in [2.45, 2.75) is 46.2 Å². The highest BCUT2D eigenvalue weighted by Crippen LogP contribution is 2.19. The van der Waals surface area contributed by atoms with Gasteiger partial charge in [0.2, 0.25) is 0 Å². The minimum Gasteiger partial charge on any atom is -0.394 e. The van der Waals surface area contributed by atoms with Gasteiger partial charge in [-0.05, 0) is 26.8 Å². The maximum absolute atomic E-state index is 9.35. The standard InChI is InChI=1S/C11H21N3OS/c1-5-9-12-13-10(16-9)7-14(6-2)11(3,4)8-15/h15H,5-8H2,1-4H3. The van der Waals surface area contributed by atoms with Gasteiger partial charge in [0.05, 0.1) is 13.2 Å². The van der Waals surface area contributed by atoms with Crippen molar-refractivity contribution in [1.29, 1.82) is 0 Å². The molecule has 1 rings (SSSR count). The molecule has 4 nitrogen and oxygen atoms in total. The summed E-state index contributed by atoms with van der Waals surface area (Å²) in [6.07, 6.45) is 0.938. The van der Waals surface area contributed by atoms with Gasteiger partial charge in [-0.15, -0.1) is 21.5 Å². The van der Waals surface area contributed by atoms with Crippen molar-refractivity contribution in [3.05, 3.63) is 10.0 Å². The summed E-state index contributed by atoms with van der Waals surface area (Å²) in [4.78, 5) is 2.22. The topological polar surface area (TPSA) is 49.2 Å². The molecule has 0 unspecified atom stereocenters. The summed E-state index contributed by atoms with van der Waals surface area (Å²) in [5, 5.41) is 19.7. The molecule has 0 saturated carbocycles. The molecule has 0 aromatic carbocycles. The van der Waals surface area contributed by atoms with E-state index in [4.69, 9.17) is 0 Å². The van der Waals surface area contributed by atoms with Gasteiger partial charge >= 0.3 is 0 Å². The number of rotatable bonds is 6. The molecule has 1 aromatic rings. The molecule has 0 aliphatic rings. The predicted molar refractivity (Wildman–Crippen MR) is 66.5 cm³/mol. The van der Waals surface area contributed by atoms with Crippen molar-refractivity contribution < 1.29 is 5.11 Å². The van der Waals surface area contributed by atoms with Crippen LogP contribution in [0.5, 0.6) is 0 Å². The Balaban J connectivity index is 2.70. The van der Waals surface area contributed by atoms with Gasteiger partial charge in [0.1, 0.15) is 10.0 Å². The monoisotopic (exact) mass is 243 g/mol. The summed E-state index contributed by atoms with van der Waals surface area (Å²) in [7, 11) is 0. The largest absolute Gasteiger partial charge is 0.394 e. The zero-order valence-corrected chi connectivity index (χ0v) is 11.3. The molecule has 1 aromatic heterocycles. The Bertz CT molecular complexity index is 325. The summed E-state index contributed by atoms with van der Waals surface area (Å²) in [5.74, 6) is 0. The van der Waals surface area contributed by atoms with Gasteiger partial charge in [-0.2, -0.15) is 0 Å². The Morgan fingerprint density at radius 1 is 1.25 bits per heavy atom. The Hall–Kier alpha value is -0.520. The van der Waals surface area contributed by atoms with Gasteiger partial charge in [0, 0.05) is 5.54 Å². The van der Waals surface area contributed by atoms with Crippen molar-refractivity contribution >= 4 is 11.3 Å². The molecule has 5 heteroatoms. The van der Waals surface area contributed by atoms with Crippen LogP contribution in [0.2, 0.25) is 0 Å². The molecule has 0 bridgehead atoms. The summed E-state index contributed by atoms with van der Waals surface area (Å²) in [6.45, 7) is 10.1. The fraction of sp³-hybridized carbons (Fsp3) is 0.818. The lowest BCUT2D eigenvalue weighted by atomic mass is 10.0. The smallest absolute Gasteiger partial charge is 0.131 e. The van der Waals surface area contributed by atoms with Crippen LogP contribution in [0.25, 0.3) is 0 Å². The van der Waals surface area contributed by atoms with Crippen LogP contribution in [0, 0.1) is 0 Å². The molecular weight excluding hydrogens is 222 g/mol. The van der Waals surface area contributed by atoms with Crippen LogP contribution in [-0.4, -0.2) is 38.9 Å². The van der Waals surface area contributed by atoms with E-state index in [-0.39, 0.29) is 12.1 Å². The first-order valence-electron chi connectivity index (χ1n) is 5.70. The third kappa shape index (κ3) is 3.23. The van der Waals surface area contributed by atoms with Gasteiger partial charge in [-0.3, -0.25) is 4.90 Å². The molecule has 0 amide bonds. The van der Waals surface area contributed by atoms with Crippen LogP contribution >= 0.6 is 11.3 Å². The number of hydrogen-bond donors (Lipinski definition) is 1. The maximum atomic E-state index is 9.35. The van der Waals surface area contributed by atoms with Gasteiger partial charge in [0.15, 0.2) is 0 Å². The second kappa shape index (κ2) is 5.70. The van der Waals surface area contributed by atoms with E-state index < -0.39 is 0 Å². The first kappa shape index (κ1) is 13.5. The molecule has 0 aliphatic carbocycles. The van der Waals surface area contributed by atoms with E-state index in [2.05, 4.69) is 28.9 Å². The van der Waals surface area contributed by atoms with E-state index in [9.17, 15) is 5.11 Å². The fourth-order valence-corrected chi connectivity index (χ4v) is 2.31. The molecule has 1 heterocycles. The summed E-state index contributed by atoms with van der Waals surface area (Å²) >= 11 is 1.66. The predicted octanol–water partition coefficient (Wildman–Crippen LogP) is 1.69. The number of likely N-dealkylation sites (N-methyl/N-ethyl adjacent to an activating group) is 1. The van der Waals surface area contributed by atoms with Crippen molar-refractivity contribution in [3.8, 4) is 0 Å². The number of aromatic nitrogens is 2. The summed E-state index contributed by atoms with van der Waals surface area (Å²) in [6, 6.07) is 0. The minimum atomic E-state index is -0.202. The number of nitrogens with zero attached hydrogens (tertiary/aromatic N) is 3. The lowest BCUT2D eigenvalue weighted by Gasteiger charge is -2.35. The minimum absolute atomic E-state index is 0.153. The van der Waals surface area contributed by atoms with E-state index in [0.29, 0.717) is 0 Å². The van der Waals surface area contributed by atoms with Gasteiger partial charge < -0.3 is 5.11 Å². The van der Waals surface area contributed by atoms with E-state index in [0.717, 1.165) is 29.5 Å². The van der Waals surface area contributed by atoms with E-state index in [1.54, 1.807) is 11.3 Å². The van der Waals surface area contributed by atoms with E-state index >= 15 is 0 Å². The number of aliphatic hydroxyl groups excluding tert-OH is 1. The molecule has 0 spiro atoms. The first-order valence-corrected chi connectivity index (χ1v) is 6.52. The lowest BCUT2D eigenvalue weighted by molar-refractivity contribution is 0.0549. The summed E-state index contributed by atoms with van der Waals surface area (Å²) < 4.78 is 0. The Labute approximate surface area is 101 Å². The second-order valence-corrected chi connectivity index (χ2v) is 5.57. The van der Waals surface area contributed by atoms with Gasteiger partial charge in [-0.1, -0.05) is 13.8 Å². The average molecular weight is 243 g/mol. The van der Waals surface area contributed by atoms with E-state index in [1.807, 2.05) is 13.8 Å². The zero-order chi connectivity index (χ0) is 12.2. The number of aliphatic hydroxyl groups is 1. The van der Waals surface area contributed by atoms with Gasteiger partial charge in [0.25, 0.3) is 0 Å². The molecule has 1 N–H and O–H groups in total. The van der Waals surface area contributed by atoms with Crippen LogP contribution in [0.1, 0.15) is 37.7 Å². The highest BCUT2D eigenvalue weighted by atomic mass is 32.1. The van der Waals surface area contributed by atoms with Crippen LogP contribution in [0.15, 0.2) is 0 Å². The van der Waals surface area contributed by atoms with Crippen LogP contribution < -0.4 is 0 Å². The molecule has 0 radical (unpaired) electrons. The Kier molecular flexibility index (Phi) is 4.83. The molecule has 0 aliphatic heterocycles. The van der Waals surface area contributed by atoms with Crippen LogP contribution in [-0.2, 0) is 13.0 Å². The maximum Gasteiger partial charge on any atom is 0.131 e. The lowest BCUT2D eigenvalue weighted by Crippen LogP contribution is -2.46. The van der Waals surface area contributed by atoms with Crippen molar-refractivity contribution in [3.63, 3.8) is 0 Å². The fourth-order valence-electron chi connectivity index (χ4n) is 1.51. The summed E-state index contributed by atoms with van der Waals surface area (Å²) in [5.41, 5.74) is -0.202. The quantitative estimate of drug-likeness (QED) is 0.826. The number of aryl methyl sites for hydroxylation is 1.